The number of ether oxygens (including phenoxy) is 1. The number of benzene rings is 1. The summed E-state index contributed by atoms with van der Waals surface area (Å²) in [6.45, 7) is 3.00. The highest BCUT2D eigenvalue weighted by Gasteiger charge is 2.08. The molecular weight excluding hydrogens is 155 g/mol. The van der Waals surface area contributed by atoms with Gasteiger partial charge in [0.15, 0.2) is 0 Å². The van der Waals surface area contributed by atoms with Crippen LogP contribution in [0.4, 0.5) is 0 Å². The molecule has 2 heteroatoms. The highest BCUT2D eigenvalue weighted by Crippen LogP contribution is 2.24. The minimum absolute atomic E-state index is 0.898. The first-order chi connectivity index (χ1) is 5.36. The van der Waals surface area contributed by atoms with E-state index >= 15 is 0 Å². The lowest BCUT2D eigenvalue weighted by Crippen LogP contribution is -2.14. The van der Waals surface area contributed by atoms with Crippen LogP contribution in [0.1, 0.15) is 5.56 Å². The monoisotopic (exact) mass is 166 g/mol. The molecule has 0 radical (unpaired) electrons. The summed E-state index contributed by atoms with van der Waals surface area (Å²) in [5.41, 5.74) is 1.29. The minimum atomic E-state index is 0.898. The molecule has 0 amide bonds. The predicted molar refractivity (Wildman–Crippen MR) is 49.5 cm³/mol. The van der Waals surface area contributed by atoms with Crippen molar-refractivity contribution in [3.8, 4) is 5.75 Å². The van der Waals surface area contributed by atoms with E-state index in [0.29, 0.717) is 0 Å². The van der Waals surface area contributed by atoms with Gasteiger partial charge in [-0.15, -0.1) is 0 Å². The van der Waals surface area contributed by atoms with E-state index in [-0.39, 0.29) is 0 Å². The Hall–Kier alpha value is -0.550. The van der Waals surface area contributed by atoms with Crippen molar-refractivity contribution in [1.29, 1.82) is 0 Å². The average molecular weight is 166 g/mol. The van der Waals surface area contributed by atoms with Gasteiger partial charge in [0.1, 0.15) is 5.75 Å². The Kier molecular flexibility index (Phi) is 1.83. The molecule has 0 spiro atoms. The Balaban J connectivity index is 2.43. The largest absolute Gasteiger partial charge is 0.493 e. The summed E-state index contributed by atoms with van der Waals surface area (Å²) in [4.78, 5) is 0. The van der Waals surface area contributed by atoms with E-state index in [4.69, 9.17) is 4.74 Å². The molecule has 1 aliphatic heterocycles. The van der Waals surface area contributed by atoms with Crippen LogP contribution in [0, 0.1) is 6.92 Å². The van der Waals surface area contributed by atoms with Crippen LogP contribution < -0.4 is 10.0 Å². The average Bonchev–Trinajstić information content (AvgIpc) is 2.04. The first kappa shape index (κ1) is 7.12. The summed E-state index contributed by atoms with van der Waals surface area (Å²) < 4.78 is 5.51. The maximum absolute atomic E-state index is 5.51. The van der Waals surface area contributed by atoms with Crippen molar-refractivity contribution in [3.63, 3.8) is 0 Å². The molecule has 1 nitrogen and oxygen atoms in total. The third kappa shape index (κ3) is 1.39. The van der Waals surface area contributed by atoms with Crippen LogP contribution in [-0.2, 0) is 0 Å². The lowest BCUT2D eigenvalue weighted by Gasteiger charge is -2.16. The van der Waals surface area contributed by atoms with Crippen molar-refractivity contribution in [2.75, 3.05) is 12.8 Å². The zero-order chi connectivity index (χ0) is 7.68. The zero-order valence-corrected chi connectivity index (χ0v) is 7.55. The van der Waals surface area contributed by atoms with Crippen LogP contribution >= 0.6 is 8.58 Å². The van der Waals surface area contributed by atoms with Crippen molar-refractivity contribution >= 4 is 13.9 Å². The van der Waals surface area contributed by atoms with E-state index in [1.54, 1.807) is 0 Å². The Morgan fingerprint density at radius 2 is 2.36 bits per heavy atom. The van der Waals surface area contributed by atoms with Crippen LogP contribution in [-0.4, -0.2) is 12.8 Å². The second kappa shape index (κ2) is 2.83. The molecule has 1 aliphatic rings. The topological polar surface area (TPSA) is 9.23 Å². The Labute approximate surface area is 68.5 Å². The SMILES string of the molecule is Cc1ccc2c(c1)OCCP2. The van der Waals surface area contributed by atoms with Crippen molar-refractivity contribution in [2.24, 2.45) is 0 Å². The lowest BCUT2D eigenvalue weighted by atomic mass is 10.2. The number of fused-ring (bicyclic) bond motifs is 1. The third-order valence-electron chi connectivity index (χ3n) is 1.81. The second-order valence-corrected chi connectivity index (χ2v) is 4.17. The molecular formula is C9H11OP. The van der Waals surface area contributed by atoms with Crippen molar-refractivity contribution in [2.45, 2.75) is 6.92 Å². The van der Waals surface area contributed by atoms with Gasteiger partial charge < -0.3 is 4.74 Å². The standard InChI is InChI=1S/C9H11OP/c1-7-2-3-9-8(6-7)10-4-5-11-9/h2-3,6,11H,4-5H2,1H3. The maximum Gasteiger partial charge on any atom is 0.126 e. The van der Waals surface area contributed by atoms with E-state index in [1.165, 1.54) is 17.0 Å². The number of aryl methyl sites for hydroxylation is 1. The van der Waals surface area contributed by atoms with Gasteiger partial charge in [-0.2, -0.15) is 0 Å². The van der Waals surface area contributed by atoms with Crippen LogP contribution in [0.25, 0.3) is 0 Å². The van der Waals surface area contributed by atoms with E-state index in [2.05, 4.69) is 25.1 Å². The fourth-order valence-corrected chi connectivity index (χ4v) is 2.23. The van der Waals surface area contributed by atoms with Crippen LogP contribution in [0.5, 0.6) is 5.75 Å². The molecule has 0 saturated carbocycles. The fourth-order valence-electron chi connectivity index (χ4n) is 1.24. The molecule has 2 rings (SSSR count). The van der Waals surface area contributed by atoms with Gasteiger partial charge >= 0.3 is 0 Å². The second-order valence-electron chi connectivity index (χ2n) is 2.77. The third-order valence-corrected chi connectivity index (χ3v) is 3.06. The summed E-state index contributed by atoms with van der Waals surface area (Å²) >= 11 is 0. The zero-order valence-electron chi connectivity index (χ0n) is 6.55. The predicted octanol–water partition coefficient (Wildman–Crippen LogP) is 1.69. The quantitative estimate of drug-likeness (QED) is 0.533. The minimum Gasteiger partial charge on any atom is -0.493 e. The summed E-state index contributed by atoms with van der Waals surface area (Å²) in [7, 11) is 0.944. The molecule has 1 unspecified atom stereocenters. The van der Waals surface area contributed by atoms with Gasteiger partial charge in [0, 0.05) is 11.5 Å². The molecule has 58 valence electrons. The molecule has 0 aliphatic carbocycles. The van der Waals surface area contributed by atoms with Gasteiger partial charge in [-0.05, 0) is 18.6 Å². The molecule has 1 heterocycles. The molecule has 0 fully saturated rings. The molecule has 1 aromatic rings. The first-order valence-electron chi connectivity index (χ1n) is 3.83. The Morgan fingerprint density at radius 1 is 1.45 bits per heavy atom. The maximum atomic E-state index is 5.51. The summed E-state index contributed by atoms with van der Waals surface area (Å²) in [5.74, 6) is 1.11. The molecule has 0 saturated heterocycles. The van der Waals surface area contributed by atoms with E-state index in [1.807, 2.05) is 0 Å². The van der Waals surface area contributed by atoms with Crippen molar-refractivity contribution in [3.05, 3.63) is 23.8 Å². The van der Waals surface area contributed by atoms with Crippen LogP contribution in [0.3, 0.4) is 0 Å². The van der Waals surface area contributed by atoms with Gasteiger partial charge in [0.25, 0.3) is 0 Å². The van der Waals surface area contributed by atoms with E-state index in [9.17, 15) is 0 Å². The fraction of sp³-hybridized carbons (Fsp3) is 0.333. The Bertz CT molecular complexity index is 270. The highest BCUT2D eigenvalue weighted by molar-refractivity contribution is 7.47. The lowest BCUT2D eigenvalue weighted by molar-refractivity contribution is 0.342. The summed E-state index contributed by atoms with van der Waals surface area (Å²) in [6.07, 6.45) is 1.19. The van der Waals surface area contributed by atoms with Crippen molar-refractivity contribution < 1.29 is 4.74 Å². The van der Waals surface area contributed by atoms with Gasteiger partial charge in [-0.1, -0.05) is 20.7 Å². The number of hydrogen-bond acceptors (Lipinski definition) is 1. The van der Waals surface area contributed by atoms with Gasteiger partial charge in [0.2, 0.25) is 0 Å². The number of rotatable bonds is 0. The molecule has 1 atom stereocenters. The van der Waals surface area contributed by atoms with Crippen LogP contribution in [0.2, 0.25) is 0 Å². The molecule has 11 heavy (non-hydrogen) atoms. The normalized spacial score (nSPS) is 17.5. The number of hydrogen-bond donors (Lipinski definition) is 0. The van der Waals surface area contributed by atoms with Gasteiger partial charge in [-0.25, -0.2) is 0 Å². The smallest absolute Gasteiger partial charge is 0.126 e. The Morgan fingerprint density at radius 3 is 3.27 bits per heavy atom. The van der Waals surface area contributed by atoms with E-state index in [0.717, 1.165) is 20.9 Å². The molecule has 0 bridgehead atoms. The van der Waals surface area contributed by atoms with Gasteiger partial charge in [0.05, 0.1) is 6.61 Å². The molecule has 1 aromatic carbocycles. The van der Waals surface area contributed by atoms with Crippen molar-refractivity contribution in [1.82, 2.24) is 0 Å². The first-order valence-corrected chi connectivity index (χ1v) is 5.04. The summed E-state index contributed by atoms with van der Waals surface area (Å²) in [6, 6.07) is 6.46. The molecule has 0 N–H and O–H groups in total. The molecule has 0 aromatic heterocycles. The van der Waals surface area contributed by atoms with Gasteiger partial charge in [-0.3, -0.25) is 0 Å². The summed E-state index contributed by atoms with van der Waals surface area (Å²) in [5, 5.41) is 1.39. The highest BCUT2D eigenvalue weighted by atomic mass is 31.1. The van der Waals surface area contributed by atoms with E-state index < -0.39 is 0 Å². The van der Waals surface area contributed by atoms with Crippen LogP contribution in [0.15, 0.2) is 18.2 Å².